The maximum Gasteiger partial charge on any atom is 0.131 e. The third-order valence-corrected chi connectivity index (χ3v) is 2.86. The Morgan fingerprint density at radius 3 is 3.08 bits per heavy atom. The summed E-state index contributed by atoms with van der Waals surface area (Å²) < 4.78 is 2.89. The van der Waals surface area contributed by atoms with Crippen molar-refractivity contribution in [3.63, 3.8) is 0 Å². The van der Waals surface area contributed by atoms with Gasteiger partial charge in [0.2, 0.25) is 0 Å². The molecule has 0 bridgehead atoms. The summed E-state index contributed by atoms with van der Waals surface area (Å²) in [4.78, 5) is 4.03. The number of pyridine rings is 1. The fraction of sp³-hybridized carbons (Fsp3) is 0.250. The monoisotopic (exact) mass is 307 g/mol. The Balaban J connectivity index is 2.80. The number of hydrogen-bond donors (Lipinski definition) is 0. The minimum atomic E-state index is 0.515. The first-order valence-electron chi connectivity index (χ1n) is 3.90. The molecule has 2 rings (SSSR count). The van der Waals surface area contributed by atoms with E-state index in [0.717, 1.165) is 21.1 Å². The van der Waals surface area contributed by atoms with Crippen molar-refractivity contribution >= 4 is 45.1 Å². The van der Waals surface area contributed by atoms with Crippen LogP contribution < -0.4 is 0 Å². The first-order chi connectivity index (χ1) is 6.22. The zero-order valence-corrected chi connectivity index (χ0v) is 9.87. The summed E-state index contributed by atoms with van der Waals surface area (Å²) in [6, 6.07) is 1.85. The molecule has 0 amide bonds. The van der Waals surface area contributed by atoms with Crippen molar-refractivity contribution in [2.45, 2.75) is 13.5 Å². The lowest BCUT2D eigenvalue weighted by Crippen LogP contribution is -1.95. The Morgan fingerprint density at radius 2 is 2.38 bits per heavy atom. The molecule has 0 aliphatic heterocycles. The van der Waals surface area contributed by atoms with Crippen molar-refractivity contribution < 1.29 is 0 Å². The third kappa shape index (κ3) is 1.52. The summed E-state index contributed by atoms with van der Waals surface area (Å²) in [7, 11) is 0. The van der Waals surface area contributed by atoms with Gasteiger partial charge in [0.15, 0.2) is 0 Å². The van der Waals surface area contributed by atoms with E-state index in [4.69, 9.17) is 11.6 Å². The second-order valence-electron chi connectivity index (χ2n) is 2.63. The molecule has 0 fully saturated rings. The molecule has 5 heteroatoms. The molecule has 0 aliphatic rings. The molecular weight excluding hydrogens is 300 g/mol. The molecule has 2 aromatic heterocycles. The van der Waals surface area contributed by atoms with Gasteiger partial charge < -0.3 is 0 Å². The molecule has 0 atom stereocenters. The lowest BCUT2D eigenvalue weighted by atomic mass is 10.3. The van der Waals surface area contributed by atoms with Crippen LogP contribution in [-0.4, -0.2) is 14.8 Å². The number of rotatable bonds is 1. The van der Waals surface area contributed by atoms with Gasteiger partial charge in [0.05, 0.1) is 11.7 Å². The number of nitrogens with zero attached hydrogens (tertiary/aromatic N) is 3. The summed E-state index contributed by atoms with van der Waals surface area (Å²) in [5, 5.41) is 5.94. The molecule has 2 aromatic rings. The van der Waals surface area contributed by atoms with Crippen LogP contribution in [-0.2, 0) is 6.54 Å². The minimum Gasteiger partial charge on any atom is -0.263 e. The van der Waals surface area contributed by atoms with Gasteiger partial charge in [0.1, 0.15) is 8.85 Å². The molecule has 0 saturated carbocycles. The summed E-state index contributed by atoms with van der Waals surface area (Å²) >= 11 is 7.99. The second kappa shape index (κ2) is 3.42. The van der Waals surface area contributed by atoms with Crippen LogP contribution in [0.5, 0.6) is 0 Å². The molecule has 68 valence electrons. The smallest absolute Gasteiger partial charge is 0.131 e. The second-order valence-corrected chi connectivity index (χ2v) is 4.04. The van der Waals surface area contributed by atoms with Gasteiger partial charge in [-0.1, -0.05) is 11.6 Å². The predicted molar refractivity (Wildman–Crippen MR) is 60.9 cm³/mol. The van der Waals surface area contributed by atoms with Gasteiger partial charge in [-0.2, -0.15) is 5.10 Å². The van der Waals surface area contributed by atoms with E-state index in [0.29, 0.717) is 5.15 Å². The highest BCUT2D eigenvalue weighted by Gasteiger charge is 2.07. The highest BCUT2D eigenvalue weighted by molar-refractivity contribution is 14.1. The fourth-order valence-electron chi connectivity index (χ4n) is 1.25. The van der Waals surface area contributed by atoms with Crippen LogP contribution in [0.1, 0.15) is 6.92 Å². The summed E-state index contributed by atoms with van der Waals surface area (Å²) in [5.41, 5.74) is 1.04. The molecule has 0 saturated heterocycles. The van der Waals surface area contributed by atoms with Crippen LogP contribution in [0.25, 0.3) is 10.9 Å². The Hall–Kier alpha value is -0.360. The van der Waals surface area contributed by atoms with E-state index in [1.54, 1.807) is 6.20 Å². The average Bonchev–Trinajstić information content (AvgIpc) is 2.43. The Morgan fingerprint density at radius 1 is 1.62 bits per heavy atom. The van der Waals surface area contributed by atoms with E-state index in [9.17, 15) is 0 Å². The van der Waals surface area contributed by atoms with Crippen molar-refractivity contribution in [3.8, 4) is 0 Å². The lowest BCUT2D eigenvalue weighted by molar-refractivity contribution is 0.677. The van der Waals surface area contributed by atoms with Crippen LogP contribution in [0.3, 0.4) is 0 Å². The quantitative estimate of drug-likeness (QED) is 0.599. The van der Waals surface area contributed by atoms with Gasteiger partial charge in [0, 0.05) is 11.9 Å². The van der Waals surface area contributed by atoms with Crippen molar-refractivity contribution in [2.75, 3.05) is 0 Å². The topological polar surface area (TPSA) is 30.7 Å². The van der Waals surface area contributed by atoms with Gasteiger partial charge >= 0.3 is 0 Å². The molecule has 0 radical (unpaired) electrons. The first-order valence-corrected chi connectivity index (χ1v) is 5.35. The van der Waals surface area contributed by atoms with Gasteiger partial charge in [-0.3, -0.25) is 4.68 Å². The van der Waals surface area contributed by atoms with Crippen LogP contribution in [0.2, 0.25) is 5.15 Å². The van der Waals surface area contributed by atoms with Crippen LogP contribution in [0.15, 0.2) is 12.3 Å². The van der Waals surface area contributed by atoms with Gasteiger partial charge in [-0.05, 0) is 35.6 Å². The van der Waals surface area contributed by atoms with E-state index < -0.39 is 0 Å². The highest BCUT2D eigenvalue weighted by atomic mass is 127. The number of aromatic nitrogens is 3. The maximum atomic E-state index is 5.79. The summed E-state index contributed by atoms with van der Waals surface area (Å²) in [6.45, 7) is 2.90. The van der Waals surface area contributed by atoms with Crippen LogP contribution in [0.4, 0.5) is 0 Å². The molecular formula is C8H7ClIN3. The molecule has 2 heterocycles. The standard InChI is InChI=1S/C8H7ClIN3/c1-2-13-6-4-11-7(9)3-5(6)8(10)12-13/h3-4H,2H2,1H3. The summed E-state index contributed by atoms with van der Waals surface area (Å²) in [6.07, 6.45) is 1.76. The fourth-order valence-corrected chi connectivity index (χ4v) is 2.10. The molecule has 3 nitrogen and oxygen atoms in total. The molecule has 0 N–H and O–H groups in total. The molecule has 0 unspecified atom stereocenters. The zero-order chi connectivity index (χ0) is 9.42. The largest absolute Gasteiger partial charge is 0.263 e. The maximum absolute atomic E-state index is 5.79. The predicted octanol–water partition coefficient (Wildman–Crippen LogP) is 2.71. The van der Waals surface area contributed by atoms with Gasteiger partial charge in [0.25, 0.3) is 0 Å². The Bertz CT molecular complexity index is 452. The van der Waals surface area contributed by atoms with Crippen molar-refractivity contribution in [2.24, 2.45) is 0 Å². The average molecular weight is 308 g/mol. The van der Waals surface area contributed by atoms with Crippen LogP contribution >= 0.6 is 34.2 Å². The minimum absolute atomic E-state index is 0.515. The third-order valence-electron chi connectivity index (χ3n) is 1.86. The van der Waals surface area contributed by atoms with Crippen LogP contribution in [0, 0.1) is 3.70 Å². The SMILES string of the molecule is CCn1nc(I)c2cc(Cl)ncc21. The van der Waals surface area contributed by atoms with E-state index in [2.05, 4.69) is 39.6 Å². The van der Waals surface area contributed by atoms with E-state index >= 15 is 0 Å². The Labute approximate surface area is 94.2 Å². The van der Waals surface area contributed by atoms with Crippen molar-refractivity contribution in [3.05, 3.63) is 21.1 Å². The molecule has 0 spiro atoms. The summed E-state index contributed by atoms with van der Waals surface area (Å²) in [5.74, 6) is 0. The highest BCUT2D eigenvalue weighted by Crippen LogP contribution is 2.21. The number of fused-ring (bicyclic) bond motifs is 1. The molecule has 13 heavy (non-hydrogen) atoms. The lowest BCUT2D eigenvalue weighted by Gasteiger charge is -1.96. The van der Waals surface area contributed by atoms with Crippen molar-refractivity contribution in [1.29, 1.82) is 0 Å². The van der Waals surface area contributed by atoms with Crippen molar-refractivity contribution in [1.82, 2.24) is 14.8 Å². The van der Waals surface area contributed by atoms with Gasteiger partial charge in [-0.25, -0.2) is 4.98 Å². The number of halogens is 2. The van der Waals surface area contributed by atoms with Gasteiger partial charge in [-0.15, -0.1) is 0 Å². The zero-order valence-electron chi connectivity index (χ0n) is 6.96. The Kier molecular flexibility index (Phi) is 2.42. The molecule has 0 aromatic carbocycles. The van der Waals surface area contributed by atoms with E-state index in [1.165, 1.54) is 0 Å². The molecule has 0 aliphatic carbocycles. The number of aryl methyl sites for hydroxylation is 1. The first kappa shape index (κ1) is 9.21. The van der Waals surface area contributed by atoms with E-state index in [1.807, 2.05) is 10.7 Å². The normalized spacial score (nSPS) is 11.0. The van der Waals surface area contributed by atoms with E-state index in [-0.39, 0.29) is 0 Å². The number of hydrogen-bond acceptors (Lipinski definition) is 2.